The summed E-state index contributed by atoms with van der Waals surface area (Å²) in [6, 6.07) is 9.54. The number of alkyl halides is 1. The molecule has 2 N–H and O–H groups in total. The van der Waals surface area contributed by atoms with Crippen LogP contribution in [-0.2, 0) is 10.8 Å². The third kappa shape index (κ3) is 3.78. The molecule has 0 aliphatic rings. The van der Waals surface area contributed by atoms with E-state index in [-0.39, 0.29) is 6.04 Å². The Bertz CT molecular complexity index is 291. The van der Waals surface area contributed by atoms with E-state index in [2.05, 4.69) is 0 Å². The number of halogens is 1. The molecule has 0 saturated heterocycles. The summed E-state index contributed by atoms with van der Waals surface area (Å²) in [5.41, 5.74) is 6.91. The zero-order valence-electron chi connectivity index (χ0n) is 7.86. The van der Waals surface area contributed by atoms with E-state index < -0.39 is 10.8 Å². The minimum atomic E-state index is -0.908. The van der Waals surface area contributed by atoms with Crippen molar-refractivity contribution in [3.8, 4) is 0 Å². The van der Waals surface area contributed by atoms with Crippen molar-refractivity contribution in [3.63, 3.8) is 0 Å². The summed E-state index contributed by atoms with van der Waals surface area (Å²) in [4.78, 5) is 0. The molecule has 0 spiro atoms. The lowest BCUT2D eigenvalue weighted by molar-refractivity contribution is 0.676. The summed E-state index contributed by atoms with van der Waals surface area (Å²) in [6.45, 7) is 0. The second kappa shape index (κ2) is 6.17. The Morgan fingerprint density at radius 1 is 1.36 bits per heavy atom. The molecule has 0 fully saturated rings. The first-order valence-electron chi connectivity index (χ1n) is 4.45. The first-order valence-corrected chi connectivity index (χ1v) is 6.47. The maximum absolute atomic E-state index is 11.4. The zero-order chi connectivity index (χ0) is 10.4. The lowest BCUT2D eigenvalue weighted by Gasteiger charge is -2.10. The van der Waals surface area contributed by atoms with Crippen LogP contribution in [0.25, 0.3) is 0 Å². The van der Waals surface area contributed by atoms with E-state index in [0.717, 1.165) is 5.56 Å². The fraction of sp³-hybridized carbons (Fsp3) is 0.400. The fourth-order valence-electron chi connectivity index (χ4n) is 1.17. The quantitative estimate of drug-likeness (QED) is 0.784. The molecular weight excluding hydrogens is 218 g/mol. The van der Waals surface area contributed by atoms with Gasteiger partial charge in [-0.05, 0) is 5.56 Å². The smallest absolute Gasteiger partial charge is 0.0428 e. The summed E-state index contributed by atoms with van der Waals surface area (Å²) in [7, 11) is -0.908. The molecular formula is C10H14ClNOS. The number of nitrogens with two attached hydrogens (primary N) is 1. The summed E-state index contributed by atoms with van der Waals surface area (Å²) < 4.78 is 11.4. The van der Waals surface area contributed by atoms with Crippen molar-refractivity contribution in [1.29, 1.82) is 0 Å². The Morgan fingerprint density at radius 3 is 2.57 bits per heavy atom. The zero-order valence-corrected chi connectivity index (χ0v) is 9.43. The molecule has 78 valence electrons. The fourth-order valence-corrected chi connectivity index (χ4v) is 2.61. The molecule has 4 heteroatoms. The third-order valence-electron chi connectivity index (χ3n) is 1.90. The molecule has 0 saturated carbocycles. The van der Waals surface area contributed by atoms with Crippen molar-refractivity contribution in [2.45, 2.75) is 6.04 Å². The van der Waals surface area contributed by atoms with E-state index >= 15 is 0 Å². The van der Waals surface area contributed by atoms with Crippen LogP contribution in [0.2, 0.25) is 0 Å². The number of hydrogen-bond donors (Lipinski definition) is 1. The highest BCUT2D eigenvalue weighted by atomic mass is 35.5. The first kappa shape index (κ1) is 11.7. The molecule has 0 aromatic heterocycles. The largest absolute Gasteiger partial charge is 0.323 e. The Balaban J connectivity index is 2.50. The normalized spacial score (nSPS) is 15.0. The van der Waals surface area contributed by atoms with Gasteiger partial charge in [0, 0.05) is 34.2 Å². The van der Waals surface area contributed by atoms with Crippen molar-refractivity contribution in [2.75, 3.05) is 17.4 Å². The van der Waals surface area contributed by atoms with Gasteiger partial charge < -0.3 is 5.73 Å². The van der Waals surface area contributed by atoms with Crippen LogP contribution in [-0.4, -0.2) is 21.6 Å². The van der Waals surface area contributed by atoms with Crippen molar-refractivity contribution >= 4 is 22.4 Å². The summed E-state index contributed by atoms with van der Waals surface area (Å²) in [5.74, 6) is 1.42. The van der Waals surface area contributed by atoms with E-state index in [1.54, 1.807) is 0 Å². The predicted molar refractivity (Wildman–Crippen MR) is 62.0 cm³/mol. The van der Waals surface area contributed by atoms with Crippen LogP contribution in [0.5, 0.6) is 0 Å². The molecule has 14 heavy (non-hydrogen) atoms. The van der Waals surface area contributed by atoms with Crippen molar-refractivity contribution in [2.24, 2.45) is 5.73 Å². The minimum absolute atomic E-state index is 0.153. The molecule has 1 rings (SSSR count). The van der Waals surface area contributed by atoms with Crippen molar-refractivity contribution in [1.82, 2.24) is 0 Å². The number of hydrogen-bond acceptors (Lipinski definition) is 2. The standard InChI is InChI=1S/C10H14ClNOS/c11-6-7-14(13)8-10(12)9-4-2-1-3-5-9/h1-5,10H,6-8,12H2. The SMILES string of the molecule is NC(CS(=O)CCCl)c1ccccc1. The molecule has 0 heterocycles. The van der Waals surface area contributed by atoms with Gasteiger partial charge in [0.1, 0.15) is 0 Å². The molecule has 0 aliphatic carbocycles. The van der Waals surface area contributed by atoms with Crippen LogP contribution < -0.4 is 5.73 Å². The summed E-state index contributed by atoms with van der Waals surface area (Å²) in [6.07, 6.45) is 0. The van der Waals surface area contributed by atoms with Crippen LogP contribution >= 0.6 is 11.6 Å². The first-order chi connectivity index (χ1) is 6.74. The highest BCUT2D eigenvalue weighted by Crippen LogP contribution is 2.10. The van der Waals surface area contributed by atoms with Crippen LogP contribution in [0, 0.1) is 0 Å². The molecule has 1 aromatic carbocycles. The predicted octanol–water partition coefficient (Wildman–Crippen LogP) is 1.67. The maximum Gasteiger partial charge on any atom is 0.0428 e. The van der Waals surface area contributed by atoms with Gasteiger partial charge >= 0.3 is 0 Å². The molecule has 0 amide bonds. The molecule has 2 nitrogen and oxygen atoms in total. The highest BCUT2D eigenvalue weighted by Gasteiger charge is 2.09. The maximum atomic E-state index is 11.4. The molecule has 0 aliphatic heterocycles. The molecule has 2 atom stereocenters. The van der Waals surface area contributed by atoms with Gasteiger partial charge in [0.25, 0.3) is 0 Å². The Hall–Kier alpha value is -0.380. The third-order valence-corrected chi connectivity index (χ3v) is 3.70. The average molecular weight is 232 g/mol. The van der Waals surface area contributed by atoms with Crippen molar-refractivity contribution < 1.29 is 4.21 Å². The van der Waals surface area contributed by atoms with Gasteiger partial charge in [-0.3, -0.25) is 4.21 Å². The molecule has 1 aromatic rings. The van der Waals surface area contributed by atoms with Crippen molar-refractivity contribution in [3.05, 3.63) is 35.9 Å². The van der Waals surface area contributed by atoms with Gasteiger partial charge in [0.2, 0.25) is 0 Å². The minimum Gasteiger partial charge on any atom is -0.323 e. The van der Waals surface area contributed by atoms with Gasteiger partial charge in [-0.2, -0.15) is 0 Å². The number of rotatable bonds is 5. The van der Waals surface area contributed by atoms with Gasteiger partial charge in [-0.1, -0.05) is 30.3 Å². The number of benzene rings is 1. The lowest BCUT2D eigenvalue weighted by Crippen LogP contribution is -2.19. The topological polar surface area (TPSA) is 43.1 Å². The van der Waals surface area contributed by atoms with E-state index in [1.165, 1.54) is 0 Å². The summed E-state index contributed by atoms with van der Waals surface area (Å²) >= 11 is 5.49. The molecule has 0 radical (unpaired) electrons. The average Bonchev–Trinajstić information content (AvgIpc) is 2.19. The Labute approximate surface area is 91.9 Å². The monoisotopic (exact) mass is 231 g/mol. The van der Waals surface area contributed by atoms with Gasteiger partial charge in [0.05, 0.1) is 0 Å². The van der Waals surface area contributed by atoms with E-state index in [0.29, 0.717) is 17.4 Å². The highest BCUT2D eigenvalue weighted by molar-refractivity contribution is 7.85. The Kier molecular flexibility index (Phi) is 5.15. The van der Waals surface area contributed by atoms with Gasteiger partial charge in [-0.15, -0.1) is 11.6 Å². The molecule has 0 bridgehead atoms. The van der Waals surface area contributed by atoms with Crippen LogP contribution in [0.4, 0.5) is 0 Å². The van der Waals surface area contributed by atoms with E-state index in [4.69, 9.17) is 17.3 Å². The van der Waals surface area contributed by atoms with Crippen LogP contribution in [0.3, 0.4) is 0 Å². The van der Waals surface area contributed by atoms with E-state index in [9.17, 15) is 4.21 Å². The van der Waals surface area contributed by atoms with Crippen LogP contribution in [0.1, 0.15) is 11.6 Å². The second-order valence-electron chi connectivity index (χ2n) is 3.02. The lowest BCUT2D eigenvalue weighted by atomic mass is 10.1. The summed E-state index contributed by atoms with van der Waals surface area (Å²) in [5, 5.41) is 0. The molecule has 2 unspecified atom stereocenters. The Morgan fingerprint density at radius 2 is 2.00 bits per heavy atom. The van der Waals surface area contributed by atoms with Gasteiger partial charge in [0.15, 0.2) is 0 Å². The van der Waals surface area contributed by atoms with Gasteiger partial charge in [-0.25, -0.2) is 0 Å². The van der Waals surface area contributed by atoms with Crippen LogP contribution in [0.15, 0.2) is 30.3 Å². The second-order valence-corrected chi connectivity index (χ2v) is 5.02. The van der Waals surface area contributed by atoms with E-state index in [1.807, 2.05) is 30.3 Å².